The third-order valence-electron chi connectivity index (χ3n) is 3.12. The molecular formula is C15H20N2O2S2. The Morgan fingerprint density at radius 1 is 1.19 bits per heavy atom. The highest BCUT2D eigenvalue weighted by atomic mass is 32.2. The number of rotatable bonds is 7. The van der Waals surface area contributed by atoms with Gasteiger partial charge in [-0.05, 0) is 49.0 Å². The molecule has 4 nitrogen and oxygen atoms in total. The molecule has 2 aromatic rings. The number of hydrogen-bond acceptors (Lipinski definition) is 4. The minimum Gasteiger partial charge on any atom is -0.310 e. The Bertz CT molecular complexity index is 649. The summed E-state index contributed by atoms with van der Waals surface area (Å²) < 4.78 is 27.1. The zero-order valence-electron chi connectivity index (χ0n) is 12.2. The van der Waals surface area contributed by atoms with Crippen LogP contribution in [0.1, 0.15) is 31.9 Å². The summed E-state index contributed by atoms with van der Waals surface area (Å²) in [5.41, 5.74) is 1.72. The Morgan fingerprint density at radius 2 is 1.90 bits per heavy atom. The molecule has 0 bridgehead atoms. The van der Waals surface area contributed by atoms with Crippen LogP contribution in [0.25, 0.3) is 0 Å². The van der Waals surface area contributed by atoms with Crippen molar-refractivity contribution in [1.29, 1.82) is 0 Å². The summed E-state index contributed by atoms with van der Waals surface area (Å²) in [4.78, 5) is 0. The van der Waals surface area contributed by atoms with Crippen LogP contribution in [0.2, 0.25) is 0 Å². The lowest BCUT2D eigenvalue weighted by Gasteiger charge is -2.14. The van der Waals surface area contributed by atoms with Crippen molar-refractivity contribution < 1.29 is 8.42 Å². The van der Waals surface area contributed by atoms with Crippen LogP contribution in [0.5, 0.6) is 0 Å². The lowest BCUT2D eigenvalue weighted by molar-refractivity contribution is 0.571. The Hall–Kier alpha value is -1.37. The monoisotopic (exact) mass is 324 g/mol. The quantitative estimate of drug-likeness (QED) is 0.818. The summed E-state index contributed by atoms with van der Waals surface area (Å²) >= 11 is 1.21. The van der Waals surface area contributed by atoms with E-state index in [0.717, 1.165) is 18.5 Å². The summed E-state index contributed by atoms with van der Waals surface area (Å²) in [5.74, 6) is 0. The smallest absolute Gasteiger partial charge is 0.271 e. The van der Waals surface area contributed by atoms with Gasteiger partial charge in [0.05, 0.1) is 0 Å². The normalized spacial score (nSPS) is 13.0. The van der Waals surface area contributed by atoms with Gasteiger partial charge in [-0.25, -0.2) is 8.42 Å². The second kappa shape index (κ2) is 7.06. The van der Waals surface area contributed by atoms with Gasteiger partial charge in [-0.3, -0.25) is 4.72 Å². The molecular weight excluding hydrogens is 304 g/mol. The molecule has 0 aliphatic carbocycles. The van der Waals surface area contributed by atoms with Crippen LogP contribution in [-0.4, -0.2) is 15.0 Å². The zero-order valence-corrected chi connectivity index (χ0v) is 13.8. The highest BCUT2D eigenvalue weighted by Gasteiger charge is 2.15. The van der Waals surface area contributed by atoms with Crippen molar-refractivity contribution >= 4 is 27.0 Å². The van der Waals surface area contributed by atoms with E-state index in [2.05, 4.69) is 23.9 Å². The predicted molar refractivity (Wildman–Crippen MR) is 88.3 cm³/mol. The minimum absolute atomic E-state index is 0.257. The van der Waals surface area contributed by atoms with E-state index < -0.39 is 10.0 Å². The van der Waals surface area contributed by atoms with Crippen molar-refractivity contribution in [1.82, 2.24) is 5.32 Å². The second-order valence-corrected chi connectivity index (χ2v) is 7.69. The Kier molecular flexibility index (Phi) is 5.39. The molecule has 1 heterocycles. The summed E-state index contributed by atoms with van der Waals surface area (Å²) in [6.07, 6.45) is 1.09. The van der Waals surface area contributed by atoms with Gasteiger partial charge in [0.25, 0.3) is 10.0 Å². The fourth-order valence-electron chi connectivity index (χ4n) is 1.94. The van der Waals surface area contributed by atoms with Gasteiger partial charge in [0.15, 0.2) is 0 Å². The highest BCUT2D eigenvalue weighted by Crippen LogP contribution is 2.21. The van der Waals surface area contributed by atoms with Gasteiger partial charge in [0.1, 0.15) is 4.21 Å². The summed E-state index contributed by atoms with van der Waals surface area (Å²) in [6.45, 7) is 5.19. The van der Waals surface area contributed by atoms with Crippen LogP contribution >= 0.6 is 11.3 Å². The molecule has 0 fully saturated rings. The summed E-state index contributed by atoms with van der Waals surface area (Å²) in [7, 11) is -3.46. The molecule has 1 unspecified atom stereocenters. The van der Waals surface area contributed by atoms with Crippen molar-refractivity contribution in [2.75, 3.05) is 11.3 Å². The van der Waals surface area contributed by atoms with E-state index in [0.29, 0.717) is 9.90 Å². The van der Waals surface area contributed by atoms with Crippen molar-refractivity contribution in [2.45, 2.75) is 30.5 Å². The second-order valence-electron chi connectivity index (χ2n) is 4.84. The molecule has 0 spiro atoms. The minimum atomic E-state index is -3.46. The first-order valence-corrected chi connectivity index (χ1v) is 9.29. The molecule has 0 aliphatic heterocycles. The van der Waals surface area contributed by atoms with Crippen molar-refractivity contribution in [3.05, 3.63) is 47.3 Å². The fourth-order valence-corrected chi connectivity index (χ4v) is 3.99. The lowest BCUT2D eigenvalue weighted by Crippen LogP contribution is -2.19. The van der Waals surface area contributed by atoms with E-state index in [-0.39, 0.29) is 6.04 Å². The average Bonchev–Trinajstić information content (AvgIpc) is 3.00. The summed E-state index contributed by atoms with van der Waals surface area (Å²) in [5, 5.41) is 5.15. The highest BCUT2D eigenvalue weighted by molar-refractivity contribution is 7.94. The van der Waals surface area contributed by atoms with Crippen LogP contribution in [0, 0.1) is 0 Å². The van der Waals surface area contributed by atoms with Gasteiger partial charge in [-0.15, -0.1) is 11.3 Å². The summed E-state index contributed by atoms with van der Waals surface area (Å²) in [6, 6.07) is 11.1. The maximum absolute atomic E-state index is 12.1. The molecule has 0 saturated carbocycles. The van der Waals surface area contributed by atoms with E-state index in [4.69, 9.17) is 0 Å². The molecule has 114 valence electrons. The maximum Gasteiger partial charge on any atom is 0.271 e. The fraction of sp³-hybridized carbons (Fsp3) is 0.333. The zero-order chi connectivity index (χ0) is 15.3. The van der Waals surface area contributed by atoms with Crippen molar-refractivity contribution in [3.8, 4) is 0 Å². The molecule has 2 rings (SSSR count). The van der Waals surface area contributed by atoms with E-state index in [9.17, 15) is 8.42 Å². The van der Waals surface area contributed by atoms with Gasteiger partial charge in [-0.1, -0.05) is 25.1 Å². The number of anilines is 1. The van der Waals surface area contributed by atoms with Gasteiger partial charge in [0, 0.05) is 11.7 Å². The van der Waals surface area contributed by atoms with Crippen LogP contribution in [0.4, 0.5) is 5.69 Å². The Balaban J connectivity index is 2.06. The first kappa shape index (κ1) is 16.0. The SMILES string of the molecule is CCCNC(C)c1ccc(NS(=O)(=O)c2cccs2)cc1. The van der Waals surface area contributed by atoms with Crippen molar-refractivity contribution in [2.24, 2.45) is 0 Å². The van der Waals surface area contributed by atoms with Gasteiger partial charge < -0.3 is 5.32 Å². The van der Waals surface area contributed by atoms with Crippen LogP contribution < -0.4 is 10.0 Å². The molecule has 0 radical (unpaired) electrons. The molecule has 2 N–H and O–H groups in total. The standard InChI is InChI=1S/C15H20N2O2S2/c1-3-10-16-12(2)13-6-8-14(9-7-13)17-21(18,19)15-5-4-11-20-15/h4-9,11-12,16-17H,3,10H2,1-2H3. The first-order chi connectivity index (χ1) is 10.0. The molecule has 1 aromatic heterocycles. The number of hydrogen-bond donors (Lipinski definition) is 2. The van der Waals surface area contributed by atoms with Gasteiger partial charge in [0.2, 0.25) is 0 Å². The molecule has 0 saturated heterocycles. The number of benzene rings is 1. The van der Waals surface area contributed by atoms with E-state index in [1.807, 2.05) is 12.1 Å². The van der Waals surface area contributed by atoms with Crippen LogP contribution in [0.3, 0.4) is 0 Å². The van der Waals surface area contributed by atoms with Gasteiger partial charge >= 0.3 is 0 Å². The van der Waals surface area contributed by atoms with E-state index in [1.54, 1.807) is 29.6 Å². The number of nitrogens with one attached hydrogen (secondary N) is 2. The van der Waals surface area contributed by atoms with Crippen LogP contribution in [-0.2, 0) is 10.0 Å². The van der Waals surface area contributed by atoms with Crippen LogP contribution in [0.15, 0.2) is 46.0 Å². The molecule has 6 heteroatoms. The molecule has 1 aromatic carbocycles. The molecule has 1 atom stereocenters. The average molecular weight is 324 g/mol. The Morgan fingerprint density at radius 3 is 2.48 bits per heavy atom. The molecule has 0 aliphatic rings. The third-order valence-corrected chi connectivity index (χ3v) is 5.90. The third kappa shape index (κ3) is 4.30. The first-order valence-electron chi connectivity index (χ1n) is 6.92. The Labute approximate surface area is 130 Å². The molecule has 0 amide bonds. The van der Waals surface area contributed by atoms with E-state index in [1.165, 1.54) is 11.3 Å². The number of sulfonamides is 1. The molecule has 21 heavy (non-hydrogen) atoms. The van der Waals surface area contributed by atoms with Gasteiger partial charge in [-0.2, -0.15) is 0 Å². The topological polar surface area (TPSA) is 58.2 Å². The lowest BCUT2D eigenvalue weighted by atomic mass is 10.1. The maximum atomic E-state index is 12.1. The largest absolute Gasteiger partial charge is 0.310 e. The van der Waals surface area contributed by atoms with E-state index >= 15 is 0 Å². The van der Waals surface area contributed by atoms with Crippen molar-refractivity contribution in [3.63, 3.8) is 0 Å². The predicted octanol–water partition coefficient (Wildman–Crippen LogP) is 3.61. The number of thiophene rings is 1.